The van der Waals surface area contributed by atoms with Crippen LogP contribution in [0.25, 0.3) is 0 Å². The van der Waals surface area contributed by atoms with Gasteiger partial charge in [0.05, 0.1) is 6.54 Å². The van der Waals surface area contributed by atoms with Gasteiger partial charge in [0.1, 0.15) is 5.82 Å². The van der Waals surface area contributed by atoms with Crippen LogP contribution in [0.2, 0.25) is 0 Å². The Morgan fingerprint density at radius 1 is 1.35 bits per heavy atom. The highest BCUT2D eigenvalue weighted by Gasteiger charge is 2.19. The largest absolute Gasteiger partial charge is 0.354 e. The molecule has 1 aliphatic rings. The van der Waals surface area contributed by atoms with Gasteiger partial charge >= 0.3 is 0 Å². The molecule has 20 heavy (non-hydrogen) atoms. The first-order valence-corrected chi connectivity index (χ1v) is 7.36. The highest BCUT2D eigenvalue weighted by atomic mass is 16.2. The molecule has 1 aromatic rings. The molecule has 5 heteroatoms. The summed E-state index contributed by atoms with van der Waals surface area (Å²) in [6.07, 6.45) is 2.79. The van der Waals surface area contributed by atoms with Crippen molar-refractivity contribution in [3.05, 3.63) is 24.4 Å². The van der Waals surface area contributed by atoms with Gasteiger partial charge in [-0.25, -0.2) is 4.98 Å². The zero-order valence-electron chi connectivity index (χ0n) is 12.4. The van der Waals surface area contributed by atoms with E-state index in [-0.39, 0.29) is 11.9 Å². The Labute approximate surface area is 121 Å². The first-order chi connectivity index (χ1) is 9.69. The molecule has 5 nitrogen and oxygen atoms in total. The van der Waals surface area contributed by atoms with Crippen molar-refractivity contribution >= 4 is 11.7 Å². The van der Waals surface area contributed by atoms with Crippen molar-refractivity contribution in [3.8, 4) is 0 Å². The van der Waals surface area contributed by atoms with Gasteiger partial charge in [0, 0.05) is 38.4 Å². The third kappa shape index (κ3) is 4.20. The number of anilines is 1. The molecule has 1 fully saturated rings. The molecule has 0 bridgehead atoms. The molecule has 0 aromatic carbocycles. The van der Waals surface area contributed by atoms with Crippen LogP contribution in [-0.4, -0.2) is 54.6 Å². The lowest BCUT2D eigenvalue weighted by molar-refractivity contribution is -0.122. The minimum atomic E-state index is 0.130. The quantitative estimate of drug-likeness (QED) is 0.875. The number of aromatic nitrogens is 1. The molecule has 2 heterocycles. The molecule has 0 radical (unpaired) electrons. The molecule has 0 saturated carbocycles. The van der Waals surface area contributed by atoms with Gasteiger partial charge in [-0.3, -0.25) is 9.69 Å². The standard InChI is InChI=1S/C15H24N4O/c1-3-13(2)17-15(20)12-18-8-10-19(11-9-18)14-6-4-5-7-16-14/h4-7,13H,3,8-12H2,1-2H3,(H,17,20)/t13-/m1/s1. The van der Waals surface area contributed by atoms with Gasteiger partial charge in [0.2, 0.25) is 5.91 Å². The number of hydrogen-bond acceptors (Lipinski definition) is 4. The predicted molar refractivity (Wildman–Crippen MR) is 80.8 cm³/mol. The summed E-state index contributed by atoms with van der Waals surface area (Å²) in [5.41, 5.74) is 0. The van der Waals surface area contributed by atoms with Crippen molar-refractivity contribution in [1.82, 2.24) is 15.2 Å². The zero-order chi connectivity index (χ0) is 14.4. The Balaban J connectivity index is 1.76. The summed E-state index contributed by atoms with van der Waals surface area (Å²) in [6, 6.07) is 6.23. The fraction of sp³-hybridized carbons (Fsp3) is 0.600. The van der Waals surface area contributed by atoms with Crippen LogP contribution in [0.4, 0.5) is 5.82 Å². The number of rotatable bonds is 5. The third-order valence-electron chi connectivity index (χ3n) is 3.73. The first-order valence-electron chi connectivity index (χ1n) is 7.36. The van der Waals surface area contributed by atoms with Crippen LogP contribution in [0.15, 0.2) is 24.4 Å². The highest BCUT2D eigenvalue weighted by molar-refractivity contribution is 5.78. The van der Waals surface area contributed by atoms with Crippen LogP contribution < -0.4 is 10.2 Å². The van der Waals surface area contributed by atoms with Crippen LogP contribution >= 0.6 is 0 Å². The molecule has 1 atom stereocenters. The van der Waals surface area contributed by atoms with Crippen LogP contribution in [-0.2, 0) is 4.79 Å². The topological polar surface area (TPSA) is 48.5 Å². The Hall–Kier alpha value is -1.62. The van der Waals surface area contributed by atoms with E-state index in [0.717, 1.165) is 38.4 Å². The predicted octanol–water partition coefficient (Wildman–Crippen LogP) is 1.12. The minimum absolute atomic E-state index is 0.130. The van der Waals surface area contributed by atoms with Crippen molar-refractivity contribution in [2.24, 2.45) is 0 Å². The van der Waals surface area contributed by atoms with Gasteiger partial charge in [0.25, 0.3) is 0 Å². The summed E-state index contributed by atoms with van der Waals surface area (Å²) >= 11 is 0. The normalized spacial score (nSPS) is 17.8. The second kappa shape index (κ2) is 7.24. The van der Waals surface area contributed by atoms with Gasteiger partial charge in [-0.1, -0.05) is 13.0 Å². The average molecular weight is 276 g/mol. The number of piperazine rings is 1. The number of hydrogen-bond donors (Lipinski definition) is 1. The van der Waals surface area contributed by atoms with Gasteiger partial charge in [-0.2, -0.15) is 0 Å². The number of pyridine rings is 1. The molecule has 0 spiro atoms. The molecule has 1 saturated heterocycles. The maximum Gasteiger partial charge on any atom is 0.234 e. The summed E-state index contributed by atoms with van der Waals surface area (Å²) < 4.78 is 0. The molecule has 1 aromatic heterocycles. The number of nitrogens with one attached hydrogen (secondary N) is 1. The summed E-state index contributed by atoms with van der Waals surface area (Å²) in [7, 11) is 0. The van der Waals surface area contributed by atoms with E-state index >= 15 is 0 Å². The summed E-state index contributed by atoms with van der Waals surface area (Å²) in [5.74, 6) is 1.15. The molecule has 1 amide bonds. The molecule has 1 aliphatic heterocycles. The van der Waals surface area contributed by atoms with Crippen molar-refractivity contribution in [2.45, 2.75) is 26.3 Å². The summed E-state index contributed by atoms with van der Waals surface area (Å²) in [6.45, 7) is 8.28. The maximum atomic E-state index is 11.9. The zero-order valence-corrected chi connectivity index (χ0v) is 12.4. The third-order valence-corrected chi connectivity index (χ3v) is 3.73. The van der Waals surface area contributed by atoms with Crippen molar-refractivity contribution in [1.29, 1.82) is 0 Å². The minimum Gasteiger partial charge on any atom is -0.354 e. The molecule has 0 aliphatic carbocycles. The van der Waals surface area contributed by atoms with Gasteiger partial charge in [-0.05, 0) is 25.5 Å². The van der Waals surface area contributed by atoms with Gasteiger partial charge < -0.3 is 10.2 Å². The number of amides is 1. The van der Waals surface area contributed by atoms with Crippen LogP contribution in [0, 0.1) is 0 Å². The Morgan fingerprint density at radius 3 is 2.70 bits per heavy atom. The van der Waals surface area contributed by atoms with E-state index in [1.165, 1.54) is 0 Å². The number of carbonyl (C=O) groups excluding carboxylic acids is 1. The van der Waals surface area contributed by atoms with Gasteiger partial charge in [0.15, 0.2) is 0 Å². The number of carbonyl (C=O) groups is 1. The highest BCUT2D eigenvalue weighted by Crippen LogP contribution is 2.12. The maximum absolute atomic E-state index is 11.9. The molecule has 110 valence electrons. The number of nitrogens with zero attached hydrogens (tertiary/aromatic N) is 3. The van der Waals surface area contributed by atoms with E-state index in [0.29, 0.717) is 6.54 Å². The van der Waals surface area contributed by atoms with E-state index in [4.69, 9.17) is 0 Å². The lowest BCUT2D eigenvalue weighted by Gasteiger charge is -2.35. The smallest absolute Gasteiger partial charge is 0.234 e. The fourth-order valence-electron chi connectivity index (χ4n) is 2.30. The Bertz CT molecular complexity index is 415. The lowest BCUT2D eigenvalue weighted by atomic mass is 10.2. The molecular formula is C15H24N4O. The first kappa shape index (κ1) is 14.8. The second-order valence-corrected chi connectivity index (χ2v) is 5.33. The Kier molecular flexibility index (Phi) is 5.35. The van der Waals surface area contributed by atoms with Gasteiger partial charge in [-0.15, -0.1) is 0 Å². The lowest BCUT2D eigenvalue weighted by Crippen LogP contribution is -2.50. The van der Waals surface area contributed by atoms with E-state index in [1.807, 2.05) is 31.3 Å². The van der Waals surface area contributed by atoms with E-state index < -0.39 is 0 Å². The molecule has 1 N–H and O–H groups in total. The fourth-order valence-corrected chi connectivity index (χ4v) is 2.30. The van der Waals surface area contributed by atoms with Crippen molar-refractivity contribution in [2.75, 3.05) is 37.6 Å². The molecule has 2 rings (SSSR count). The van der Waals surface area contributed by atoms with E-state index in [2.05, 4.69) is 27.0 Å². The SMILES string of the molecule is CC[C@@H](C)NC(=O)CN1CCN(c2ccccn2)CC1. The Morgan fingerprint density at radius 2 is 2.10 bits per heavy atom. The second-order valence-electron chi connectivity index (χ2n) is 5.33. The molecule has 0 unspecified atom stereocenters. The summed E-state index contributed by atoms with van der Waals surface area (Å²) in [5, 5.41) is 3.01. The van der Waals surface area contributed by atoms with Crippen LogP contribution in [0.1, 0.15) is 20.3 Å². The van der Waals surface area contributed by atoms with Crippen LogP contribution in [0.5, 0.6) is 0 Å². The summed E-state index contributed by atoms with van der Waals surface area (Å²) in [4.78, 5) is 20.7. The monoisotopic (exact) mass is 276 g/mol. The van der Waals surface area contributed by atoms with Crippen molar-refractivity contribution in [3.63, 3.8) is 0 Å². The average Bonchev–Trinajstić information content (AvgIpc) is 2.48. The van der Waals surface area contributed by atoms with Crippen LogP contribution in [0.3, 0.4) is 0 Å². The van der Waals surface area contributed by atoms with E-state index in [1.54, 1.807) is 0 Å². The van der Waals surface area contributed by atoms with E-state index in [9.17, 15) is 4.79 Å². The molecular weight excluding hydrogens is 252 g/mol. The van der Waals surface area contributed by atoms with Crippen molar-refractivity contribution < 1.29 is 4.79 Å².